The maximum absolute atomic E-state index is 2.69. The monoisotopic (exact) mass is 294 g/mol. The van der Waals surface area contributed by atoms with E-state index >= 15 is 0 Å². The summed E-state index contributed by atoms with van der Waals surface area (Å²) < 4.78 is 0. The molecule has 0 spiro atoms. The molecule has 0 saturated carbocycles. The number of likely N-dealkylation sites (tertiary alicyclic amines) is 2. The molecule has 2 aliphatic heterocycles. The van der Waals surface area contributed by atoms with Gasteiger partial charge in [-0.05, 0) is 82.0 Å². The van der Waals surface area contributed by atoms with Crippen LogP contribution < -0.4 is 0 Å². The zero-order valence-corrected chi connectivity index (χ0v) is 15.0. The van der Waals surface area contributed by atoms with Crippen molar-refractivity contribution >= 4 is 0 Å². The minimum Gasteiger partial charge on any atom is -0.303 e. The third kappa shape index (κ3) is 6.28. The topological polar surface area (TPSA) is 6.48 Å². The third-order valence-electron chi connectivity index (χ3n) is 5.33. The van der Waals surface area contributed by atoms with Gasteiger partial charge in [0.05, 0.1) is 0 Å². The van der Waals surface area contributed by atoms with Gasteiger partial charge < -0.3 is 9.80 Å². The van der Waals surface area contributed by atoms with Crippen molar-refractivity contribution in [2.45, 2.75) is 59.8 Å². The van der Waals surface area contributed by atoms with Crippen LogP contribution in [0.15, 0.2) is 0 Å². The molecule has 0 atom stereocenters. The van der Waals surface area contributed by atoms with Crippen LogP contribution in [0.2, 0.25) is 0 Å². The Balaban J connectivity index is 1.61. The van der Waals surface area contributed by atoms with Crippen LogP contribution in [0.1, 0.15) is 59.8 Å². The third-order valence-corrected chi connectivity index (χ3v) is 5.33. The molecular formula is C19H38N2. The highest BCUT2D eigenvalue weighted by atomic mass is 15.1. The average Bonchev–Trinajstić information content (AvgIpc) is 2.42. The van der Waals surface area contributed by atoms with Crippen LogP contribution in [0.5, 0.6) is 0 Å². The Morgan fingerprint density at radius 2 is 1.00 bits per heavy atom. The fourth-order valence-corrected chi connectivity index (χ4v) is 4.31. The molecule has 2 fully saturated rings. The van der Waals surface area contributed by atoms with Crippen LogP contribution in [-0.2, 0) is 0 Å². The first-order valence-corrected chi connectivity index (χ1v) is 9.47. The molecule has 2 heteroatoms. The van der Waals surface area contributed by atoms with Gasteiger partial charge in [-0.1, -0.05) is 27.7 Å². The second kappa shape index (κ2) is 8.53. The molecule has 2 rings (SSSR count). The molecule has 0 bridgehead atoms. The van der Waals surface area contributed by atoms with Gasteiger partial charge in [0.1, 0.15) is 0 Å². The predicted molar refractivity (Wildman–Crippen MR) is 92.6 cm³/mol. The fraction of sp³-hybridized carbons (Fsp3) is 1.00. The number of piperidine rings is 2. The van der Waals surface area contributed by atoms with Crippen molar-refractivity contribution in [1.82, 2.24) is 9.80 Å². The maximum Gasteiger partial charge on any atom is 0.000439 e. The predicted octanol–water partition coefficient (Wildman–Crippen LogP) is 4.11. The van der Waals surface area contributed by atoms with Gasteiger partial charge in [-0.2, -0.15) is 0 Å². The lowest BCUT2D eigenvalue weighted by Gasteiger charge is -2.37. The summed E-state index contributed by atoms with van der Waals surface area (Å²) in [7, 11) is 0. The largest absolute Gasteiger partial charge is 0.303 e. The van der Waals surface area contributed by atoms with Crippen molar-refractivity contribution in [3.63, 3.8) is 0 Å². The summed E-state index contributed by atoms with van der Waals surface area (Å²) in [4.78, 5) is 5.37. The van der Waals surface area contributed by atoms with Crippen molar-refractivity contribution < 1.29 is 0 Å². The van der Waals surface area contributed by atoms with E-state index in [0.29, 0.717) is 0 Å². The Kier molecular flexibility index (Phi) is 7.01. The Bertz CT molecular complexity index is 243. The number of hydrogen-bond acceptors (Lipinski definition) is 2. The molecule has 2 nitrogen and oxygen atoms in total. The lowest BCUT2D eigenvalue weighted by atomic mass is 9.82. The zero-order valence-electron chi connectivity index (χ0n) is 15.0. The van der Waals surface area contributed by atoms with Crippen molar-refractivity contribution in [2.24, 2.45) is 23.7 Å². The number of rotatable bonds is 6. The van der Waals surface area contributed by atoms with E-state index in [-0.39, 0.29) is 0 Å². The van der Waals surface area contributed by atoms with Gasteiger partial charge in [0.25, 0.3) is 0 Å². The standard InChI is InChI=1S/C19H38N2/c1-16(2)14-20-9-5-18(6-10-20)13-19-7-11-21(12-8-19)15-17(3)4/h16-19H,5-15H2,1-4H3. The average molecular weight is 295 g/mol. The minimum absolute atomic E-state index is 0.826. The maximum atomic E-state index is 2.69. The molecule has 0 radical (unpaired) electrons. The van der Waals surface area contributed by atoms with Crippen LogP contribution in [0.25, 0.3) is 0 Å². The second-order valence-corrected chi connectivity index (χ2v) is 8.51. The van der Waals surface area contributed by atoms with Gasteiger partial charge in [-0.3, -0.25) is 0 Å². The molecule has 0 aromatic carbocycles. The second-order valence-electron chi connectivity index (χ2n) is 8.51. The molecule has 124 valence electrons. The summed E-state index contributed by atoms with van der Waals surface area (Å²) in [6, 6.07) is 0. The van der Waals surface area contributed by atoms with Crippen LogP contribution in [0.4, 0.5) is 0 Å². The Hall–Kier alpha value is -0.0800. The zero-order chi connectivity index (χ0) is 15.2. The number of nitrogens with zero attached hydrogens (tertiary/aromatic N) is 2. The van der Waals surface area contributed by atoms with E-state index in [1.54, 1.807) is 0 Å². The molecule has 0 aromatic heterocycles. The first-order chi connectivity index (χ1) is 10.0. The van der Waals surface area contributed by atoms with Crippen molar-refractivity contribution in [3.05, 3.63) is 0 Å². The summed E-state index contributed by atoms with van der Waals surface area (Å²) in [5.74, 6) is 3.70. The van der Waals surface area contributed by atoms with Crippen LogP contribution in [0.3, 0.4) is 0 Å². The van der Waals surface area contributed by atoms with Gasteiger partial charge in [0.2, 0.25) is 0 Å². The van der Waals surface area contributed by atoms with E-state index in [0.717, 1.165) is 23.7 Å². The van der Waals surface area contributed by atoms with E-state index in [1.807, 2.05) is 0 Å². The molecule has 21 heavy (non-hydrogen) atoms. The van der Waals surface area contributed by atoms with Crippen LogP contribution in [0, 0.1) is 23.7 Å². The van der Waals surface area contributed by atoms with E-state index in [4.69, 9.17) is 0 Å². The lowest BCUT2D eigenvalue weighted by Crippen LogP contribution is -2.39. The van der Waals surface area contributed by atoms with Gasteiger partial charge >= 0.3 is 0 Å². The van der Waals surface area contributed by atoms with Crippen LogP contribution in [-0.4, -0.2) is 49.1 Å². The van der Waals surface area contributed by atoms with Crippen molar-refractivity contribution in [3.8, 4) is 0 Å². The summed E-state index contributed by atoms with van der Waals surface area (Å²) in [6.07, 6.45) is 7.35. The highest BCUT2D eigenvalue weighted by Gasteiger charge is 2.25. The van der Waals surface area contributed by atoms with Crippen LogP contribution >= 0.6 is 0 Å². The highest BCUT2D eigenvalue weighted by molar-refractivity contribution is 4.79. The van der Waals surface area contributed by atoms with E-state index in [9.17, 15) is 0 Å². The lowest BCUT2D eigenvalue weighted by molar-refractivity contribution is 0.122. The molecule has 2 aliphatic rings. The quantitative estimate of drug-likeness (QED) is 0.727. The van der Waals surface area contributed by atoms with Gasteiger partial charge in [-0.25, -0.2) is 0 Å². The SMILES string of the molecule is CC(C)CN1CCC(CC2CCN(CC(C)C)CC2)CC1. The van der Waals surface area contributed by atoms with Crippen molar-refractivity contribution in [2.75, 3.05) is 39.3 Å². The summed E-state index contributed by atoms with van der Waals surface area (Å²) in [6.45, 7) is 17.4. The number of hydrogen-bond donors (Lipinski definition) is 0. The molecular weight excluding hydrogens is 256 g/mol. The first kappa shape index (κ1) is 17.3. The molecule has 2 saturated heterocycles. The molecule has 0 aromatic rings. The highest BCUT2D eigenvalue weighted by Crippen LogP contribution is 2.30. The smallest absolute Gasteiger partial charge is 0.000439 e. The van der Waals surface area contributed by atoms with E-state index in [1.165, 1.54) is 71.4 Å². The molecule has 0 N–H and O–H groups in total. The Labute approximate surface area is 133 Å². The van der Waals surface area contributed by atoms with E-state index in [2.05, 4.69) is 37.5 Å². The van der Waals surface area contributed by atoms with Gasteiger partial charge in [0.15, 0.2) is 0 Å². The van der Waals surface area contributed by atoms with Gasteiger partial charge in [-0.15, -0.1) is 0 Å². The molecule has 2 heterocycles. The minimum atomic E-state index is 0.826. The van der Waals surface area contributed by atoms with E-state index < -0.39 is 0 Å². The Morgan fingerprint density at radius 1 is 0.667 bits per heavy atom. The summed E-state index contributed by atoms with van der Waals surface area (Å²) >= 11 is 0. The summed E-state index contributed by atoms with van der Waals surface area (Å²) in [5, 5.41) is 0. The molecule has 0 unspecified atom stereocenters. The first-order valence-electron chi connectivity index (χ1n) is 9.47. The molecule has 0 amide bonds. The van der Waals surface area contributed by atoms with Gasteiger partial charge in [0, 0.05) is 13.1 Å². The molecule has 0 aliphatic carbocycles. The Morgan fingerprint density at radius 3 is 1.29 bits per heavy atom. The van der Waals surface area contributed by atoms with Crippen molar-refractivity contribution in [1.29, 1.82) is 0 Å². The summed E-state index contributed by atoms with van der Waals surface area (Å²) in [5.41, 5.74) is 0. The fourth-order valence-electron chi connectivity index (χ4n) is 4.31. The normalized spacial score (nSPS) is 24.3.